The minimum absolute atomic E-state index is 0.0102. The number of ether oxygens (including phenoxy) is 12. The Morgan fingerprint density at radius 2 is 0.850 bits per heavy atom. The topological polar surface area (TPSA) is 128 Å². The van der Waals surface area contributed by atoms with E-state index in [2.05, 4.69) is 11.8 Å². The van der Waals surface area contributed by atoms with E-state index in [0.717, 1.165) is 38.9 Å². The molecule has 3 fully saturated rings. The van der Waals surface area contributed by atoms with Crippen molar-refractivity contribution < 1.29 is 61.6 Å². The van der Waals surface area contributed by atoms with Crippen LogP contribution < -0.4 is 0 Å². The first kappa shape index (κ1) is 56.3. The molecule has 7 aromatic carbocycles. The fraction of sp³-hybridized carbons (Fsp3) is 0.328. The number of hydrogen-bond donors (Lipinski definition) is 0. The first-order valence-corrected chi connectivity index (χ1v) is 27.3. The van der Waals surface area contributed by atoms with Gasteiger partial charge < -0.3 is 56.8 Å². The highest BCUT2D eigenvalue weighted by molar-refractivity contribution is 5.62. The minimum Gasteiger partial charge on any atom is -0.430 e. The third-order valence-electron chi connectivity index (χ3n) is 14.2. The van der Waals surface area contributed by atoms with Gasteiger partial charge in [-0.1, -0.05) is 224 Å². The molecule has 0 amide bonds. The molecule has 0 unspecified atom stereocenters. The average molecular weight is 1080 g/mol. The molecular weight excluding hydrogens is 1010 g/mol. The summed E-state index contributed by atoms with van der Waals surface area (Å²) in [6.07, 6.45) is -9.65. The van der Waals surface area contributed by atoms with Crippen molar-refractivity contribution >= 4 is 6.16 Å². The molecule has 3 aliphatic rings. The van der Waals surface area contributed by atoms with E-state index in [-0.39, 0.29) is 65.9 Å². The SMILES string of the molecule is CO[C@H]1O[C@H](C#C[C@@]2(C[C@H]3COC(=O)O3)O[C@H](COCc3ccccc3)[C@@H](OCc3ccccc3)[C@H](OCc3ccccc3)[C@H]2OCc2ccccc2)[C@@H](OCc2ccccc2)[C@H](OCc2ccccc2)[C@H]1OCc1ccccc1. The maximum absolute atomic E-state index is 12.9. The molecule has 80 heavy (non-hydrogen) atoms. The summed E-state index contributed by atoms with van der Waals surface area (Å²) in [6, 6.07) is 69.4. The van der Waals surface area contributed by atoms with Crippen molar-refractivity contribution in [3.05, 3.63) is 251 Å². The summed E-state index contributed by atoms with van der Waals surface area (Å²) < 4.78 is 81.0. The summed E-state index contributed by atoms with van der Waals surface area (Å²) in [7, 11) is 1.57. The van der Waals surface area contributed by atoms with E-state index >= 15 is 0 Å². The Bertz CT molecular complexity index is 2970. The molecule has 0 N–H and O–H groups in total. The van der Waals surface area contributed by atoms with Crippen LogP contribution in [0.4, 0.5) is 4.79 Å². The zero-order valence-corrected chi connectivity index (χ0v) is 44.9. The largest absolute Gasteiger partial charge is 0.508 e. The van der Waals surface area contributed by atoms with E-state index in [4.69, 9.17) is 56.8 Å². The monoisotopic (exact) mass is 1080 g/mol. The quantitative estimate of drug-likeness (QED) is 0.0398. The van der Waals surface area contributed by atoms with Gasteiger partial charge >= 0.3 is 6.16 Å². The van der Waals surface area contributed by atoms with Crippen LogP contribution in [0.25, 0.3) is 0 Å². The van der Waals surface area contributed by atoms with Gasteiger partial charge in [0.1, 0.15) is 61.5 Å². The molecule has 414 valence electrons. The Kier molecular flexibility index (Phi) is 20.3. The third-order valence-corrected chi connectivity index (χ3v) is 14.2. The van der Waals surface area contributed by atoms with Crippen LogP contribution in [0, 0.1) is 11.8 Å². The van der Waals surface area contributed by atoms with Crippen LogP contribution in [0.1, 0.15) is 45.4 Å². The van der Waals surface area contributed by atoms with Gasteiger partial charge in [-0.25, -0.2) is 4.79 Å². The van der Waals surface area contributed by atoms with E-state index in [1.54, 1.807) is 7.11 Å². The molecule has 3 aliphatic heterocycles. The number of benzene rings is 7. The molecular formula is C67H68O13. The van der Waals surface area contributed by atoms with Gasteiger partial charge in [0.15, 0.2) is 11.9 Å². The number of methoxy groups -OCH3 is 1. The second kappa shape index (κ2) is 28.9. The van der Waals surface area contributed by atoms with E-state index in [1.807, 2.05) is 212 Å². The summed E-state index contributed by atoms with van der Waals surface area (Å²) >= 11 is 0. The zero-order chi connectivity index (χ0) is 54.6. The molecule has 7 aromatic rings. The van der Waals surface area contributed by atoms with Crippen LogP contribution in [0.3, 0.4) is 0 Å². The molecule has 0 spiro atoms. The lowest BCUT2D eigenvalue weighted by Crippen LogP contribution is -2.67. The molecule has 13 heteroatoms. The van der Waals surface area contributed by atoms with Crippen LogP contribution in [0.5, 0.6) is 0 Å². The van der Waals surface area contributed by atoms with Gasteiger partial charge in [0, 0.05) is 13.5 Å². The molecule has 3 saturated heterocycles. The normalized spacial score (nSPS) is 25.4. The molecule has 0 aliphatic carbocycles. The summed E-state index contributed by atoms with van der Waals surface area (Å²) in [5.41, 5.74) is 4.94. The van der Waals surface area contributed by atoms with E-state index in [0.29, 0.717) is 0 Å². The molecule has 0 aromatic heterocycles. The highest BCUT2D eigenvalue weighted by Crippen LogP contribution is 2.41. The number of carbonyl (C=O) groups is 1. The minimum atomic E-state index is -1.65. The summed E-state index contributed by atoms with van der Waals surface area (Å²) in [4.78, 5) is 12.9. The second-order valence-corrected chi connectivity index (χ2v) is 20.0. The van der Waals surface area contributed by atoms with Crippen molar-refractivity contribution in [3.8, 4) is 11.8 Å². The highest BCUT2D eigenvalue weighted by Gasteiger charge is 2.58. The van der Waals surface area contributed by atoms with Crippen molar-refractivity contribution in [1.29, 1.82) is 0 Å². The maximum Gasteiger partial charge on any atom is 0.508 e. The Morgan fingerprint density at radius 1 is 0.463 bits per heavy atom. The number of hydrogen-bond acceptors (Lipinski definition) is 13. The lowest BCUT2D eigenvalue weighted by molar-refractivity contribution is -0.308. The van der Waals surface area contributed by atoms with Crippen LogP contribution >= 0.6 is 0 Å². The predicted octanol–water partition coefficient (Wildman–Crippen LogP) is 11.2. The summed E-state index contributed by atoms with van der Waals surface area (Å²) in [5, 5.41) is 0. The number of rotatable bonds is 25. The van der Waals surface area contributed by atoms with Crippen molar-refractivity contribution in [3.63, 3.8) is 0 Å². The third kappa shape index (κ3) is 15.4. The molecule has 10 rings (SSSR count). The van der Waals surface area contributed by atoms with Gasteiger partial charge in [-0.15, -0.1) is 0 Å². The second-order valence-electron chi connectivity index (χ2n) is 20.0. The Hall–Kier alpha value is -7.03. The van der Waals surface area contributed by atoms with Crippen LogP contribution in [-0.4, -0.2) is 93.3 Å². The van der Waals surface area contributed by atoms with Gasteiger partial charge in [0.05, 0.1) is 52.9 Å². The summed E-state index contributed by atoms with van der Waals surface area (Å²) in [5.74, 6) is 7.19. The molecule has 0 bridgehead atoms. The fourth-order valence-electron chi connectivity index (χ4n) is 10.2. The van der Waals surface area contributed by atoms with Crippen molar-refractivity contribution in [2.75, 3.05) is 20.3 Å². The molecule has 0 saturated carbocycles. The standard InChI is InChI=1S/C67H68O13/c1-69-65-63(75-45-54-33-19-7-20-34-54)61(73-43-52-29-15-5-16-30-52)59(71-41-50-25-11-3-12-26-50)57(79-65)37-38-67(39-56-47-77-66(68)78-56)64(76-46-55-35-21-8-22-36-55)62(74-44-53-31-17-6-18-32-53)60(72-42-51-27-13-4-14-28-51)58(80-67)48-70-40-49-23-9-2-10-24-49/h2-36,56-65H,39-48H2,1H3/t56-,57+,58+,59+,60+,61-,62-,63+,64+,65-,67-/m0/s1. The molecule has 13 nitrogen and oxygen atoms in total. The van der Waals surface area contributed by atoms with E-state index < -0.39 is 73.0 Å². The van der Waals surface area contributed by atoms with Crippen LogP contribution in [0.15, 0.2) is 212 Å². The predicted molar refractivity (Wildman–Crippen MR) is 298 cm³/mol. The van der Waals surface area contributed by atoms with Gasteiger partial charge in [-0.2, -0.15) is 0 Å². The average Bonchev–Trinajstić information content (AvgIpc) is 3.93. The lowest BCUT2D eigenvalue weighted by Gasteiger charge is -2.51. The zero-order valence-electron chi connectivity index (χ0n) is 44.9. The fourth-order valence-corrected chi connectivity index (χ4v) is 10.2. The Balaban J connectivity index is 1.10. The van der Waals surface area contributed by atoms with Gasteiger partial charge in [0.25, 0.3) is 0 Å². The van der Waals surface area contributed by atoms with Gasteiger partial charge in [0.2, 0.25) is 0 Å². The Labute approximate surface area is 468 Å². The van der Waals surface area contributed by atoms with Gasteiger partial charge in [-0.05, 0) is 38.9 Å². The Morgan fingerprint density at radius 3 is 1.27 bits per heavy atom. The van der Waals surface area contributed by atoms with Crippen LogP contribution in [0.2, 0.25) is 0 Å². The lowest BCUT2D eigenvalue weighted by atomic mass is 9.80. The van der Waals surface area contributed by atoms with Crippen molar-refractivity contribution in [2.45, 2.75) is 119 Å². The van der Waals surface area contributed by atoms with E-state index in [1.165, 1.54) is 0 Å². The first-order chi connectivity index (χ1) is 39.5. The highest BCUT2D eigenvalue weighted by atomic mass is 16.8. The number of cyclic esters (lactones) is 2. The van der Waals surface area contributed by atoms with Gasteiger partial charge in [-0.3, -0.25) is 0 Å². The molecule has 3 heterocycles. The van der Waals surface area contributed by atoms with E-state index in [9.17, 15) is 4.79 Å². The van der Waals surface area contributed by atoms with Crippen LogP contribution in [-0.2, 0) is 103 Å². The maximum atomic E-state index is 12.9. The summed E-state index contributed by atoms with van der Waals surface area (Å²) in [6.45, 7) is 1.49. The van der Waals surface area contributed by atoms with Crippen molar-refractivity contribution in [1.82, 2.24) is 0 Å². The number of carbonyl (C=O) groups excluding carboxylic acids is 1. The smallest absolute Gasteiger partial charge is 0.430 e. The first-order valence-electron chi connectivity index (χ1n) is 27.3. The molecule has 0 radical (unpaired) electrons. The molecule has 11 atom stereocenters. The van der Waals surface area contributed by atoms with Crippen molar-refractivity contribution in [2.24, 2.45) is 0 Å².